The van der Waals surface area contributed by atoms with Crippen LogP contribution in [0.5, 0.6) is 0 Å². The van der Waals surface area contributed by atoms with E-state index in [2.05, 4.69) is 56.9 Å². The smallest absolute Gasteiger partial charge is 0.267 e. The maximum absolute atomic E-state index is 12.1. The van der Waals surface area contributed by atoms with Crippen molar-refractivity contribution in [3.63, 3.8) is 0 Å². The summed E-state index contributed by atoms with van der Waals surface area (Å²) in [6, 6.07) is 32.1. The van der Waals surface area contributed by atoms with Crippen LogP contribution in [-0.2, 0) is 0 Å². The monoisotopic (exact) mass is 445 g/mol. The molecule has 0 radical (unpaired) electrons. The summed E-state index contributed by atoms with van der Waals surface area (Å²) in [6.07, 6.45) is 5.60. The van der Waals surface area contributed by atoms with Gasteiger partial charge in [-0.25, -0.2) is 5.43 Å². The summed E-state index contributed by atoms with van der Waals surface area (Å²) in [4.78, 5) is 16.0. The maximum Gasteiger partial charge on any atom is 0.271 e. The summed E-state index contributed by atoms with van der Waals surface area (Å²) < 4.78 is 0. The summed E-state index contributed by atoms with van der Waals surface area (Å²) in [7, 11) is 0. The van der Waals surface area contributed by atoms with Crippen LogP contribution < -0.4 is 10.4 Å². The average molecular weight is 446 g/mol. The Morgan fingerprint density at radius 1 is 0.882 bits per heavy atom. The van der Waals surface area contributed by atoms with Crippen molar-refractivity contribution in [3.8, 4) is 0 Å². The van der Waals surface area contributed by atoms with E-state index >= 15 is 0 Å². The van der Waals surface area contributed by atoms with Crippen LogP contribution in [0.3, 0.4) is 0 Å². The molecule has 34 heavy (non-hydrogen) atoms. The Bertz CT molecular complexity index is 1300. The number of carbonyl (C=O) groups excluding carboxylic acids is 1. The Balaban J connectivity index is 1.34. The first-order valence-corrected chi connectivity index (χ1v) is 11.1. The molecule has 4 aromatic rings. The van der Waals surface area contributed by atoms with Crippen LogP contribution in [0.1, 0.15) is 39.5 Å². The quantitative estimate of drug-likeness (QED) is 0.328. The molecular formula is C28H23N5O. The van der Waals surface area contributed by atoms with Gasteiger partial charge in [-0.1, -0.05) is 72.8 Å². The second-order valence-corrected chi connectivity index (χ2v) is 7.91. The van der Waals surface area contributed by atoms with Gasteiger partial charge in [0.05, 0.1) is 23.7 Å². The van der Waals surface area contributed by atoms with Gasteiger partial charge in [-0.05, 0) is 41.0 Å². The second-order valence-electron chi connectivity index (χ2n) is 7.91. The fourth-order valence-corrected chi connectivity index (χ4v) is 3.93. The highest BCUT2D eigenvalue weighted by Gasteiger charge is 2.29. The molecule has 1 aliphatic rings. The molecule has 0 saturated carbocycles. The fourth-order valence-electron chi connectivity index (χ4n) is 3.93. The van der Waals surface area contributed by atoms with Crippen LogP contribution in [0.15, 0.2) is 120 Å². The van der Waals surface area contributed by atoms with Crippen molar-refractivity contribution in [2.45, 2.75) is 12.5 Å². The predicted molar refractivity (Wildman–Crippen MR) is 135 cm³/mol. The standard InChI is InChI=1S/C28H23N5O/c34-28(24-15-17-29-18-16-24)31-30-20-21-11-13-25(14-12-21)33-27(23-9-5-2-6-10-23)19-26(32-33)22-7-3-1-4-8-22/h1-18,20,27H,19H2,(H,31,34). The van der Waals surface area contributed by atoms with Gasteiger partial charge in [0.15, 0.2) is 0 Å². The minimum absolute atomic E-state index is 0.121. The predicted octanol–water partition coefficient (Wildman–Crippen LogP) is 5.20. The van der Waals surface area contributed by atoms with Gasteiger partial charge in [-0.15, -0.1) is 0 Å². The molecule has 1 aliphatic heterocycles. The lowest BCUT2D eigenvalue weighted by atomic mass is 9.98. The highest BCUT2D eigenvalue weighted by atomic mass is 16.2. The minimum atomic E-state index is -0.277. The van der Waals surface area contributed by atoms with Gasteiger partial charge in [-0.3, -0.25) is 14.8 Å². The zero-order valence-electron chi connectivity index (χ0n) is 18.5. The topological polar surface area (TPSA) is 70.0 Å². The number of hydrogen-bond acceptors (Lipinski definition) is 5. The normalized spacial score (nSPS) is 15.4. The molecule has 6 heteroatoms. The van der Waals surface area contributed by atoms with E-state index in [1.165, 1.54) is 5.56 Å². The number of anilines is 1. The van der Waals surface area contributed by atoms with Gasteiger partial charge >= 0.3 is 0 Å². The van der Waals surface area contributed by atoms with Crippen molar-refractivity contribution < 1.29 is 4.79 Å². The van der Waals surface area contributed by atoms with Crippen molar-refractivity contribution in [3.05, 3.63) is 132 Å². The molecule has 0 bridgehead atoms. The van der Waals surface area contributed by atoms with Gasteiger partial charge in [-0.2, -0.15) is 10.2 Å². The second kappa shape index (κ2) is 9.92. The van der Waals surface area contributed by atoms with E-state index in [-0.39, 0.29) is 11.9 Å². The summed E-state index contributed by atoms with van der Waals surface area (Å²) in [5.41, 5.74) is 8.35. The zero-order valence-corrected chi connectivity index (χ0v) is 18.5. The number of nitrogens with zero attached hydrogens (tertiary/aromatic N) is 4. The van der Waals surface area contributed by atoms with Crippen LogP contribution in [-0.4, -0.2) is 22.8 Å². The molecule has 6 nitrogen and oxygen atoms in total. The summed E-state index contributed by atoms with van der Waals surface area (Å²) in [6.45, 7) is 0. The summed E-state index contributed by atoms with van der Waals surface area (Å²) in [5, 5.41) is 11.1. The lowest BCUT2D eigenvalue weighted by Crippen LogP contribution is -2.18. The molecule has 1 atom stereocenters. The van der Waals surface area contributed by atoms with E-state index in [0.717, 1.165) is 28.9 Å². The molecule has 0 spiro atoms. The number of hydrogen-bond donors (Lipinski definition) is 1. The average Bonchev–Trinajstić information content (AvgIpc) is 3.36. The molecule has 0 saturated heterocycles. The minimum Gasteiger partial charge on any atom is -0.267 e. The van der Waals surface area contributed by atoms with Crippen molar-refractivity contribution in [1.29, 1.82) is 0 Å². The molecule has 3 aromatic carbocycles. The van der Waals surface area contributed by atoms with E-state index in [1.807, 2.05) is 48.5 Å². The molecule has 2 heterocycles. The molecule has 1 N–H and O–H groups in total. The number of benzene rings is 3. The van der Waals surface area contributed by atoms with Gasteiger partial charge in [0.1, 0.15) is 0 Å². The summed E-state index contributed by atoms with van der Waals surface area (Å²) >= 11 is 0. The Hall–Kier alpha value is -4.58. The molecular weight excluding hydrogens is 422 g/mol. The van der Waals surface area contributed by atoms with Crippen LogP contribution in [0.2, 0.25) is 0 Å². The van der Waals surface area contributed by atoms with Crippen molar-refractivity contribution in [2.24, 2.45) is 10.2 Å². The SMILES string of the molecule is O=C(NN=Cc1ccc(N2N=C(c3ccccc3)CC2c2ccccc2)cc1)c1ccncc1. The zero-order chi connectivity index (χ0) is 23.2. The molecule has 1 amide bonds. The molecule has 0 fully saturated rings. The van der Waals surface area contributed by atoms with Gasteiger partial charge in [0.2, 0.25) is 0 Å². The van der Waals surface area contributed by atoms with E-state index in [4.69, 9.17) is 5.10 Å². The van der Waals surface area contributed by atoms with E-state index in [0.29, 0.717) is 5.56 Å². The Labute approximate surface area is 198 Å². The van der Waals surface area contributed by atoms with Crippen LogP contribution in [0, 0.1) is 0 Å². The highest BCUT2D eigenvalue weighted by molar-refractivity contribution is 6.03. The first kappa shape index (κ1) is 21.3. The van der Waals surface area contributed by atoms with E-state index in [1.54, 1.807) is 30.7 Å². The third-order valence-corrected chi connectivity index (χ3v) is 5.68. The molecule has 0 aliphatic carbocycles. The maximum atomic E-state index is 12.1. The number of carbonyl (C=O) groups is 1. The number of aromatic nitrogens is 1. The van der Waals surface area contributed by atoms with Crippen molar-refractivity contribution in [2.75, 3.05) is 5.01 Å². The number of amides is 1. The van der Waals surface area contributed by atoms with Gasteiger partial charge in [0, 0.05) is 24.4 Å². The Kier molecular flexibility index (Phi) is 6.21. The van der Waals surface area contributed by atoms with Gasteiger partial charge < -0.3 is 0 Å². The first-order chi connectivity index (χ1) is 16.8. The van der Waals surface area contributed by atoms with Crippen LogP contribution >= 0.6 is 0 Å². The largest absolute Gasteiger partial charge is 0.271 e. The first-order valence-electron chi connectivity index (χ1n) is 11.1. The number of pyridine rings is 1. The molecule has 1 aromatic heterocycles. The molecule has 1 unspecified atom stereocenters. The third-order valence-electron chi connectivity index (χ3n) is 5.68. The number of hydrazone groups is 2. The van der Waals surface area contributed by atoms with Crippen molar-refractivity contribution in [1.82, 2.24) is 10.4 Å². The third kappa shape index (κ3) is 4.76. The fraction of sp³-hybridized carbons (Fsp3) is 0.0714. The lowest BCUT2D eigenvalue weighted by molar-refractivity contribution is 0.0955. The Morgan fingerprint density at radius 2 is 1.56 bits per heavy atom. The number of rotatable bonds is 6. The Morgan fingerprint density at radius 3 is 2.26 bits per heavy atom. The number of nitrogens with one attached hydrogen (secondary N) is 1. The van der Waals surface area contributed by atoms with Crippen LogP contribution in [0.25, 0.3) is 0 Å². The van der Waals surface area contributed by atoms with Gasteiger partial charge in [0.25, 0.3) is 5.91 Å². The van der Waals surface area contributed by atoms with Crippen LogP contribution in [0.4, 0.5) is 5.69 Å². The van der Waals surface area contributed by atoms with Crippen molar-refractivity contribution >= 4 is 23.5 Å². The van der Waals surface area contributed by atoms with E-state index in [9.17, 15) is 4.79 Å². The van der Waals surface area contributed by atoms with E-state index < -0.39 is 0 Å². The lowest BCUT2D eigenvalue weighted by Gasteiger charge is -2.24. The molecule has 166 valence electrons. The highest BCUT2D eigenvalue weighted by Crippen LogP contribution is 2.36. The molecule has 5 rings (SSSR count). The summed E-state index contributed by atoms with van der Waals surface area (Å²) in [5.74, 6) is -0.277.